The summed E-state index contributed by atoms with van der Waals surface area (Å²) in [6.07, 6.45) is 3.92. The molecule has 2 saturated heterocycles. The van der Waals surface area contributed by atoms with Crippen LogP contribution in [-0.4, -0.2) is 54.7 Å². The quantitative estimate of drug-likeness (QED) is 0.631. The van der Waals surface area contributed by atoms with Gasteiger partial charge in [-0.05, 0) is 67.6 Å². The Balaban J connectivity index is 0.00000289. The van der Waals surface area contributed by atoms with Gasteiger partial charge < -0.3 is 10.3 Å². The molecule has 0 aliphatic carbocycles. The average molecular weight is 466 g/mol. The van der Waals surface area contributed by atoms with Crippen LogP contribution in [0.2, 0.25) is 0 Å². The average Bonchev–Trinajstić information content (AvgIpc) is 2.78. The minimum atomic E-state index is -0.241. The summed E-state index contributed by atoms with van der Waals surface area (Å²) in [4.78, 5) is 4.99. The monoisotopic (exact) mass is 465 g/mol. The molecule has 1 N–H and O–H groups in total. The molecular weight excluding hydrogens is 432 g/mol. The fourth-order valence-corrected chi connectivity index (χ4v) is 5.15. The third-order valence-electron chi connectivity index (χ3n) is 7.03. The zero-order chi connectivity index (χ0) is 21.8. The Morgan fingerprint density at radius 3 is 2.19 bits per heavy atom. The molecule has 2 fully saturated rings. The maximum atomic E-state index is 13.4. The molecule has 0 radical (unpaired) electrons. The number of hydroxylamine groups is 2. The van der Waals surface area contributed by atoms with Crippen molar-refractivity contribution in [2.75, 3.05) is 32.8 Å². The minimum Gasteiger partial charge on any atom is -0.634 e. The van der Waals surface area contributed by atoms with E-state index in [0.29, 0.717) is 17.6 Å². The van der Waals surface area contributed by atoms with E-state index < -0.39 is 0 Å². The van der Waals surface area contributed by atoms with Crippen molar-refractivity contribution < 1.29 is 13.8 Å². The lowest BCUT2D eigenvalue weighted by Gasteiger charge is -2.50. The van der Waals surface area contributed by atoms with Gasteiger partial charge >= 0.3 is 0 Å². The molecule has 2 heterocycles. The van der Waals surface area contributed by atoms with Crippen LogP contribution in [0.25, 0.3) is 0 Å². The number of nitrogens with zero attached hydrogens (tertiary/aromatic N) is 2. The molecule has 32 heavy (non-hydrogen) atoms. The summed E-state index contributed by atoms with van der Waals surface area (Å²) < 4.78 is 26.9. The summed E-state index contributed by atoms with van der Waals surface area (Å²) in [6.45, 7) is 6.67. The highest BCUT2D eigenvalue weighted by Crippen LogP contribution is 2.30. The van der Waals surface area contributed by atoms with Crippen LogP contribution >= 0.6 is 12.4 Å². The van der Waals surface area contributed by atoms with Gasteiger partial charge in [-0.15, -0.1) is 12.4 Å². The number of piperazine rings is 1. The fourth-order valence-electron chi connectivity index (χ4n) is 5.15. The molecule has 2 aliphatic heterocycles. The van der Waals surface area contributed by atoms with Crippen molar-refractivity contribution in [3.05, 3.63) is 76.5 Å². The molecule has 2 aromatic carbocycles. The van der Waals surface area contributed by atoms with Crippen LogP contribution in [0.5, 0.6) is 0 Å². The Morgan fingerprint density at radius 2 is 1.62 bits per heavy atom. The highest BCUT2D eigenvalue weighted by atomic mass is 35.5. The van der Waals surface area contributed by atoms with Gasteiger partial charge in [-0.25, -0.2) is 8.78 Å². The van der Waals surface area contributed by atoms with Gasteiger partial charge in [-0.2, -0.15) is 0 Å². The summed E-state index contributed by atoms with van der Waals surface area (Å²) in [5.41, 5.74) is 2.12. The number of fused-ring (bicyclic) bond motifs is 1. The second kappa shape index (κ2) is 11.5. The first kappa shape index (κ1) is 25.1. The van der Waals surface area contributed by atoms with Crippen molar-refractivity contribution >= 4 is 12.4 Å². The molecule has 0 bridgehead atoms. The number of nitrogens with one attached hydrogen (secondary N) is 1. The minimum absolute atomic E-state index is 0. The maximum absolute atomic E-state index is 13.4. The lowest BCUT2D eigenvalue weighted by atomic mass is 9.87. The summed E-state index contributed by atoms with van der Waals surface area (Å²) in [7, 11) is 0. The van der Waals surface area contributed by atoms with E-state index in [-0.39, 0.29) is 36.0 Å². The third-order valence-corrected chi connectivity index (χ3v) is 7.03. The predicted molar refractivity (Wildman–Crippen MR) is 126 cm³/mol. The van der Waals surface area contributed by atoms with E-state index >= 15 is 0 Å². The maximum Gasteiger partial charge on any atom is 0.123 e. The Morgan fingerprint density at radius 1 is 1.03 bits per heavy atom. The fraction of sp³-hybridized carbons (Fsp3) is 0.520. The van der Waals surface area contributed by atoms with Crippen LogP contribution in [0, 0.1) is 16.8 Å². The summed E-state index contributed by atoms with van der Waals surface area (Å²) >= 11 is 0. The Kier molecular flexibility index (Phi) is 9.03. The van der Waals surface area contributed by atoms with E-state index in [1.807, 2.05) is 24.3 Å². The number of hydrogen-bond donors (Lipinski definition) is 1. The summed E-state index contributed by atoms with van der Waals surface area (Å²) in [5, 5.41) is 12.7. The van der Waals surface area contributed by atoms with Crippen LogP contribution in [0.1, 0.15) is 49.7 Å². The lowest BCUT2D eigenvalue weighted by molar-refractivity contribution is -0.885. The normalized spacial score (nSPS) is 24.2. The molecule has 4 rings (SSSR count). The highest BCUT2D eigenvalue weighted by Gasteiger charge is 2.36. The molecular formula is C25H34ClF2N3O. The van der Waals surface area contributed by atoms with E-state index in [9.17, 15) is 14.0 Å². The molecule has 3 unspecified atom stereocenters. The van der Waals surface area contributed by atoms with E-state index in [4.69, 9.17) is 0 Å². The van der Waals surface area contributed by atoms with Gasteiger partial charge in [0.2, 0.25) is 0 Å². The molecule has 0 spiro atoms. The van der Waals surface area contributed by atoms with Crippen LogP contribution < -0.4 is 5.06 Å². The lowest BCUT2D eigenvalue weighted by Crippen LogP contribution is -3.15. The van der Waals surface area contributed by atoms with Crippen molar-refractivity contribution in [2.45, 2.75) is 50.6 Å². The van der Waals surface area contributed by atoms with Crippen LogP contribution in [0.4, 0.5) is 8.78 Å². The van der Waals surface area contributed by atoms with Gasteiger partial charge in [0, 0.05) is 12.5 Å². The number of rotatable bonds is 7. The van der Waals surface area contributed by atoms with Gasteiger partial charge in [0.1, 0.15) is 11.6 Å². The number of hydrogen-bond acceptors (Lipinski definition) is 3. The second-order valence-corrected chi connectivity index (χ2v) is 9.05. The first-order chi connectivity index (χ1) is 15.0. The molecule has 2 aromatic rings. The van der Waals surface area contributed by atoms with Crippen molar-refractivity contribution in [1.82, 2.24) is 9.80 Å². The number of benzene rings is 2. The predicted octanol–water partition coefficient (Wildman–Crippen LogP) is 3.81. The SMILES string of the molecule is CCC1CN2CN(CCCC(c3ccc(F)cc3)c3ccc(F)cc3)CCC2C[NH+]1[O-].Cl. The molecule has 0 aromatic heterocycles. The van der Waals surface area contributed by atoms with Gasteiger partial charge in [0.15, 0.2) is 0 Å². The van der Waals surface area contributed by atoms with E-state index in [1.54, 1.807) is 0 Å². The van der Waals surface area contributed by atoms with Gasteiger partial charge in [-0.3, -0.25) is 9.80 Å². The largest absolute Gasteiger partial charge is 0.634 e. The first-order valence-electron chi connectivity index (χ1n) is 11.5. The molecule has 0 amide bonds. The van der Waals surface area contributed by atoms with Gasteiger partial charge in [-0.1, -0.05) is 31.2 Å². The molecule has 7 heteroatoms. The molecule has 2 aliphatic rings. The first-order valence-corrected chi connectivity index (χ1v) is 11.5. The number of quaternary nitrogens is 1. The van der Waals surface area contributed by atoms with Crippen LogP contribution in [0.3, 0.4) is 0 Å². The van der Waals surface area contributed by atoms with Gasteiger partial charge in [0.25, 0.3) is 0 Å². The van der Waals surface area contributed by atoms with Crippen LogP contribution in [0.15, 0.2) is 48.5 Å². The van der Waals surface area contributed by atoms with Crippen molar-refractivity contribution in [3.63, 3.8) is 0 Å². The third kappa shape index (κ3) is 6.06. The zero-order valence-electron chi connectivity index (χ0n) is 18.7. The van der Waals surface area contributed by atoms with Crippen molar-refractivity contribution in [1.29, 1.82) is 0 Å². The van der Waals surface area contributed by atoms with E-state index in [1.165, 1.54) is 24.3 Å². The Labute approximate surface area is 196 Å². The molecule has 0 saturated carbocycles. The van der Waals surface area contributed by atoms with E-state index in [0.717, 1.165) is 63.1 Å². The standard InChI is InChI=1S/C25H33F2N3O.ClH/c1-2-23-16-29-18-28(15-13-24(29)17-30(23)31)14-3-4-25(19-5-9-21(26)10-6-19)20-7-11-22(27)12-8-20;/h5-12,23-25,30H,2-4,13-18H2,1H3;1H. The molecule has 176 valence electrons. The zero-order valence-corrected chi connectivity index (χ0v) is 19.5. The molecule has 3 atom stereocenters. The van der Waals surface area contributed by atoms with Crippen molar-refractivity contribution in [3.8, 4) is 0 Å². The number of halogens is 3. The van der Waals surface area contributed by atoms with E-state index in [2.05, 4.69) is 16.7 Å². The molecule has 4 nitrogen and oxygen atoms in total. The smallest absolute Gasteiger partial charge is 0.123 e. The van der Waals surface area contributed by atoms with Crippen molar-refractivity contribution in [2.24, 2.45) is 0 Å². The van der Waals surface area contributed by atoms with Crippen LogP contribution in [-0.2, 0) is 0 Å². The van der Waals surface area contributed by atoms with Gasteiger partial charge in [0.05, 0.1) is 31.8 Å². The Bertz CT molecular complexity index is 791. The summed E-state index contributed by atoms with van der Waals surface area (Å²) in [5.74, 6) is -0.361. The Hall–Kier alpha value is -1.57. The topological polar surface area (TPSA) is 34.0 Å². The second-order valence-electron chi connectivity index (χ2n) is 9.05. The summed E-state index contributed by atoms with van der Waals surface area (Å²) in [6, 6.07) is 14.0. The highest BCUT2D eigenvalue weighted by molar-refractivity contribution is 5.85.